The van der Waals surface area contributed by atoms with Crippen LogP contribution in [0.1, 0.15) is 25.8 Å². The molecule has 0 fully saturated rings. The van der Waals surface area contributed by atoms with Gasteiger partial charge in [-0.3, -0.25) is 13.9 Å². The van der Waals surface area contributed by atoms with E-state index in [-0.39, 0.29) is 17.3 Å². The fourth-order valence-electron chi connectivity index (χ4n) is 3.83. The fraction of sp³-hybridized carbons (Fsp3) is 0.259. The summed E-state index contributed by atoms with van der Waals surface area (Å²) in [6.07, 6.45) is 0.390. The molecule has 35 heavy (non-hydrogen) atoms. The fourth-order valence-corrected chi connectivity index (χ4v) is 5.27. The lowest BCUT2D eigenvalue weighted by Gasteiger charge is -2.33. The summed E-state index contributed by atoms with van der Waals surface area (Å²) in [5.74, 6) is -0.730. The van der Waals surface area contributed by atoms with Gasteiger partial charge in [-0.05, 0) is 43.2 Å². The van der Waals surface area contributed by atoms with E-state index in [9.17, 15) is 18.0 Å². The summed E-state index contributed by atoms with van der Waals surface area (Å²) in [7, 11) is -4.03. The third kappa shape index (κ3) is 6.48. The molecule has 3 rings (SSSR count). The van der Waals surface area contributed by atoms with Crippen LogP contribution in [-0.2, 0) is 26.2 Å². The Balaban J connectivity index is 2.01. The third-order valence-corrected chi connectivity index (χ3v) is 7.37. The SMILES string of the molecule is CCNC(=O)[C@H](CC)N(Cc1ccccc1)C(=O)CN(c1ccccc1)S(=O)(=O)c1ccccc1. The van der Waals surface area contributed by atoms with Gasteiger partial charge in [-0.15, -0.1) is 0 Å². The molecule has 3 aromatic carbocycles. The van der Waals surface area contributed by atoms with Gasteiger partial charge in [0.2, 0.25) is 11.8 Å². The molecule has 1 N–H and O–H groups in total. The Hall–Kier alpha value is -3.65. The second-order valence-electron chi connectivity index (χ2n) is 7.99. The van der Waals surface area contributed by atoms with Crippen molar-refractivity contribution in [2.24, 2.45) is 0 Å². The predicted octanol–water partition coefficient (Wildman–Crippen LogP) is 3.83. The van der Waals surface area contributed by atoms with Gasteiger partial charge in [0.15, 0.2) is 0 Å². The molecule has 0 heterocycles. The Kier molecular flexibility index (Phi) is 9.03. The number of carbonyl (C=O) groups is 2. The topological polar surface area (TPSA) is 86.8 Å². The Morgan fingerprint density at radius 2 is 1.37 bits per heavy atom. The Morgan fingerprint density at radius 3 is 1.91 bits per heavy atom. The Morgan fingerprint density at radius 1 is 0.829 bits per heavy atom. The monoisotopic (exact) mass is 493 g/mol. The van der Waals surface area contributed by atoms with Crippen molar-refractivity contribution in [3.05, 3.63) is 96.6 Å². The van der Waals surface area contributed by atoms with Gasteiger partial charge in [-0.25, -0.2) is 8.42 Å². The molecule has 8 heteroatoms. The number of hydrogen-bond donors (Lipinski definition) is 1. The first-order valence-electron chi connectivity index (χ1n) is 11.6. The highest BCUT2D eigenvalue weighted by molar-refractivity contribution is 7.92. The number of sulfonamides is 1. The predicted molar refractivity (Wildman–Crippen MR) is 137 cm³/mol. The summed E-state index contributed by atoms with van der Waals surface area (Å²) in [5.41, 5.74) is 1.22. The van der Waals surface area contributed by atoms with Gasteiger partial charge in [-0.2, -0.15) is 0 Å². The summed E-state index contributed by atoms with van der Waals surface area (Å²) < 4.78 is 28.3. The molecule has 1 atom stereocenters. The molecule has 0 aromatic heterocycles. The second-order valence-corrected chi connectivity index (χ2v) is 9.85. The quantitative estimate of drug-likeness (QED) is 0.440. The van der Waals surface area contributed by atoms with Crippen LogP contribution in [0.2, 0.25) is 0 Å². The summed E-state index contributed by atoms with van der Waals surface area (Å²) in [4.78, 5) is 28.2. The van der Waals surface area contributed by atoms with Gasteiger partial charge >= 0.3 is 0 Å². The maximum absolute atomic E-state index is 13.8. The van der Waals surface area contributed by atoms with Crippen LogP contribution in [0.4, 0.5) is 5.69 Å². The van der Waals surface area contributed by atoms with E-state index in [0.29, 0.717) is 18.7 Å². The van der Waals surface area contributed by atoms with E-state index in [1.165, 1.54) is 17.0 Å². The second kappa shape index (κ2) is 12.2. The van der Waals surface area contributed by atoms with Crippen molar-refractivity contribution in [3.63, 3.8) is 0 Å². The van der Waals surface area contributed by atoms with E-state index in [4.69, 9.17) is 0 Å². The van der Waals surface area contributed by atoms with E-state index < -0.39 is 28.5 Å². The molecule has 0 unspecified atom stereocenters. The highest BCUT2D eigenvalue weighted by Gasteiger charge is 2.33. The van der Waals surface area contributed by atoms with Crippen LogP contribution in [0.15, 0.2) is 95.9 Å². The van der Waals surface area contributed by atoms with Crippen molar-refractivity contribution in [2.75, 3.05) is 17.4 Å². The van der Waals surface area contributed by atoms with E-state index in [1.54, 1.807) is 48.5 Å². The molecule has 0 aliphatic rings. The zero-order chi connectivity index (χ0) is 25.3. The summed E-state index contributed by atoms with van der Waals surface area (Å²) in [5, 5.41) is 2.79. The molecule has 0 saturated heterocycles. The highest BCUT2D eigenvalue weighted by atomic mass is 32.2. The molecular formula is C27H31N3O4S. The number of amides is 2. The summed E-state index contributed by atoms with van der Waals surface area (Å²) in [6.45, 7) is 3.83. The first-order chi connectivity index (χ1) is 16.9. The summed E-state index contributed by atoms with van der Waals surface area (Å²) in [6, 6.07) is 25.2. The van der Waals surface area contributed by atoms with Crippen molar-refractivity contribution in [1.82, 2.24) is 10.2 Å². The maximum Gasteiger partial charge on any atom is 0.264 e. The Bertz CT molecular complexity index is 1200. The van der Waals surface area contributed by atoms with Crippen LogP contribution >= 0.6 is 0 Å². The van der Waals surface area contributed by atoms with Crippen LogP contribution in [-0.4, -0.2) is 44.3 Å². The normalized spacial score (nSPS) is 11.9. The van der Waals surface area contributed by atoms with Gasteiger partial charge in [0.25, 0.3) is 10.0 Å². The molecule has 0 aliphatic carbocycles. The number of para-hydroxylation sites is 1. The van der Waals surface area contributed by atoms with E-state index in [1.807, 2.05) is 44.2 Å². The lowest BCUT2D eigenvalue weighted by Crippen LogP contribution is -2.52. The number of rotatable bonds is 11. The van der Waals surface area contributed by atoms with Crippen molar-refractivity contribution < 1.29 is 18.0 Å². The number of likely N-dealkylation sites (N-methyl/N-ethyl adjacent to an activating group) is 1. The van der Waals surface area contributed by atoms with E-state index >= 15 is 0 Å². The molecule has 0 spiro atoms. The molecule has 2 amide bonds. The van der Waals surface area contributed by atoms with Crippen molar-refractivity contribution in [3.8, 4) is 0 Å². The maximum atomic E-state index is 13.8. The molecule has 7 nitrogen and oxygen atoms in total. The lowest BCUT2D eigenvalue weighted by molar-refractivity contribution is -0.140. The van der Waals surface area contributed by atoms with E-state index in [0.717, 1.165) is 9.87 Å². The molecule has 0 saturated carbocycles. The molecular weight excluding hydrogens is 462 g/mol. The molecule has 0 radical (unpaired) electrons. The van der Waals surface area contributed by atoms with Crippen LogP contribution in [0.5, 0.6) is 0 Å². The van der Waals surface area contributed by atoms with Crippen LogP contribution in [0.25, 0.3) is 0 Å². The van der Waals surface area contributed by atoms with Crippen LogP contribution in [0.3, 0.4) is 0 Å². The van der Waals surface area contributed by atoms with Gasteiger partial charge in [0, 0.05) is 13.1 Å². The van der Waals surface area contributed by atoms with Crippen molar-refractivity contribution >= 4 is 27.5 Å². The van der Waals surface area contributed by atoms with Crippen LogP contribution < -0.4 is 9.62 Å². The minimum absolute atomic E-state index is 0.0852. The van der Waals surface area contributed by atoms with Gasteiger partial charge in [0.1, 0.15) is 12.6 Å². The first-order valence-corrected chi connectivity index (χ1v) is 13.1. The lowest BCUT2D eigenvalue weighted by atomic mass is 10.1. The minimum Gasteiger partial charge on any atom is -0.355 e. The first kappa shape index (κ1) is 26.0. The number of benzene rings is 3. The van der Waals surface area contributed by atoms with E-state index in [2.05, 4.69) is 5.32 Å². The largest absolute Gasteiger partial charge is 0.355 e. The smallest absolute Gasteiger partial charge is 0.264 e. The van der Waals surface area contributed by atoms with Gasteiger partial charge in [0.05, 0.1) is 10.6 Å². The summed E-state index contributed by atoms with van der Waals surface area (Å²) >= 11 is 0. The molecule has 184 valence electrons. The highest BCUT2D eigenvalue weighted by Crippen LogP contribution is 2.24. The third-order valence-electron chi connectivity index (χ3n) is 5.59. The average molecular weight is 494 g/mol. The van der Waals surface area contributed by atoms with Gasteiger partial charge in [-0.1, -0.05) is 73.7 Å². The standard InChI is InChI=1S/C27H31N3O4S/c1-3-25(27(32)28-4-2)29(20-22-14-8-5-9-15-22)26(31)21-30(23-16-10-6-11-17-23)35(33,34)24-18-12-7-13-19-24/h5-19,25H,3-4,20-21H2,1-2H3,(H,28,32)/t25-/m0/s1. The number of nitrogens with zero attached hydrogens (tertiary/aromatic N) is 2. The number of nitrogens with one attached hydrogen (secondary N) is 1. The van der Waals surface area contributed by atoms with Gasteiger partial charge < -0.3 is 10.2 Å². The Labute approximate surface area is 207 Å². The molecule has 3 aromatic rings. The zero-order valence-corrected chi connectivity index (χ0v) is 20.8. The number of carbonyl (C=O) groups excluding carboxylic acids is 2. The van der Waals surface area contributed by atoms with Crippen molar-refractivity contribution in [2.45, 2.75) is 37.8 Å². The average Bonchev–Trinajstić information content (AvgIpc) is 2.88. The van der Waals surface area contributed by atoms with Crippen LogP contribution in [0, 0.1) is 0 Å². The molecule has 0 bridgehead atoms. The number of hydrogen-bond acceptors (Lipinski definition) is 4. The number of anilines is 1. The molecule has 0 aliphatic heterocycles. The zero-order valence-electron chi connectivity index (χ0n) is 20.0. The minimum atomic E-state index is -4.03. The van der Waals surface area contributed by atoms with Crippen molar-refractivity contribution in [1.29, 1.82) is 0 Å².